The molecular formula is C17H17ClN2O3. The van der Waals surface area contributed by atoms with E-state index in [1.54, 1.807) is 11.8 Å². The number of carbonyl (C=O) groups excluding carboxylic acids is 1. The smallest absolute Gasteiger partial charge is 0.258 e. The molecule has 0 fully saturated rings. The zero-order chi connectivity index (χ0) is 16.7. The summed E-state index contributed by atoms with van der Waals surface area (Å²) in [5, 5.41) is 23.3. The van der Waals surface area contributed by atoms with E-state index in [-0.39, 0.29) is 23.0 Å². The summed E-state index contributed by atoms with van der Waals surface area (Å²) in [6.45, 7) is 2.49. The summed E-state index contributed by atoms with van der Waals surface area (Å²) in [7, 11) is 1.82. The predicted molar refractivity (Wildman–Crippen MR) is 89.1 cm³/mol. The second-order valence-electron chi connectivity index (χ2n) is 5.62. The van der Waals surface area contributed by atoms with Crippen molar-refractivity contribution in [2.24, 2.45) is 0 Å². The van der Waals surface area contributed by atoms with E-state index in [1.807, 2.05) is 19.2 Å². The number of phenols is 2. The number of carbonyl (C=O) groups is 1. The first-order valence-electron chi connectivity index (χ1n) is 7.22. The van der Waals surface area contributed by atoms with Gasteiger partial charge in [-0.1, -0.05) is 11.6 Å². The number of hydrogen-bond donors (Lipinski definition) is 3. The molecule has 6 heteroatoms. The molecule has 0 aliphatic carbocycles. The number of hydrogen-bond acceptors (Lipinski definition) is 4. The lowest BCUT2D eigenvalue weighted by molar-refractivity contribution is 0.0748. The van der Waals surface area contributed by atoms with E-state index in [9.17, 15) is 15.0 Å². The maximum Gasteiger partial charge on any atom is 0.258 e. The van der Waals surface area contributed by atoms with Crippen LogP contribution in [0.25, 0.3) is 0 Å². The highest BCUT2D eigenvalue weighted by Crippen LogP contribution is 2.36. The molecule has 1 aliphatic heterocycles. The number of halogens is 1. The number of amides is 1. The Morgan fingerprint density at radius 3 is 2.57 bits per heavy atom. The number of aromatic hydroxyl groups is 2. The first-order chi connectivity index (χ1) is 10.9. The van der Waals surface area contributed by atoms with Crippen molar-refractivity contribution >= 4 is 23.2 Å². The van der Waals surface area contributed by atoms with Gasteiger partial charge in [0.15, 0.2) is 0 Å². The summed E-state index contributed by atoms with van der Waals surface area (Å²) in [4.78, 5) is 14.4. The van der Waals surface area contributed by atoms with Crippen LogP contribution < -0.4 is 5.32 Å². The van der Waals surface area contributed by atoms with Crippen LogP contribution in [0.4, 0.5) is 5.69 Å². The molecule has 0 bridgehead atoms. The first-order valence-corrected chi connectivity index (χ1v) is 7.60. The van der Waals surface area contributed by atoms with E-state index < -0.39 is 0 Å². The average Bonchev–Trinajstić information content (AvgIpc) is 2.97. The van der Waals surface area contributed by atoms with Gasteiger partial charge in [0.05, 0.1) is 5.56 Å². The Hall–Kier alpha value is -2.40. The normalized spacial score (nSPS) is 13.1. The van der Waals surface area contributed by atoms with Crippen molar-refractivity contribution in [3.63, 3.8) is 0 Å². The second-order valence-corrected chi connectivity index (χ2v) is 6.03. The molecule has 1 heterocycles. The molecule has 3 N–H and O–H groups in total. The highest BCUT2D eigenvalue weighted by atomic mass is 35.5. The third-order valence-electron chi connectivity index (χ3n) is 4.17. The van der Waals surface area contributed by atoms with Gasteiger partial charge in [-0.3, -0.25) is 4.79 Å². The molecule has 120 valence electrons. The van der Waals surface area contributed by atoms with Crippen LogP contribution in [0.2, 0.25) is 5.02 Å². The molecule has 0 spiro atoms. The van der Waals surface area contributed by atoms with Gasteiger partial charge in [0.1, 0.15) is 11.5 Å². The van der Waals surface area contributed by atoms with Crippen LogP contribution in [0.3, 0.4) is 0 Å². The number of aryl methyl sites for hydroxylation is 1. The van der Waals surface area contributed by atoms with Gasteiger partial charge in [0, 0.05) is 42.5 Å². The fourth-order valence-corrected chi connectivity index (χ4v) is 3.10. The highest BCUT2D eigenvalue weighted by Gasteiger charge is 2.29. The highest BCUT2D eigenvalue weighted by molar-refractivity contribution is 6.31. The monoisotopic (exact) mass is 332 g/mol. The average molecular weight is 333 g/mol. The van der Waals surface area contributed by atoms with Crippen LogP contribution >= 0.6 is 11.6 Å². The molecule has 5 nitrogen and oxygen atoms in total. The van der Waals surface area contributed by atoms with Crippen molar-refractivity contribution in [2.45, 2.75) is 20.0 Å². The van der Waals surface area contributed by atoms with E-state index >= 15 is 0 Å². The molecule has 1 amide bonds. The zero-order valence-electron chi connectivity index (χ0n) is 12.9. The number of anilines is 1. The van der Waals surface area contributed by atoms with Crippen LogP contribution in [0.15, 0.2) is 24.3 Å². The maximum absolute atomic E-state index is 12.7. The Balaban J connectivity index is 1.95. The summed E-state index contributed by atoms with van der Waals surface area (Å²) < 4.78 is 0. The van der Waals surface area contributed by atoms with Gasteiger partial charge in [-0.05, 0) is 36.2 Å². The molecule has 0 saturated carbocycles. The van der Waals surface area contributed by atoms with Crippen LogP contribution in [0.5, 0.6) is 11.5 Å². The van der Waals surface area contributed by atoms with E-state index in [0.717, 1.165) is 16.8 Å². The molecule has 0 radical (unpaired) electrons. The molecule has 0 atom stereocenters. The van der Waals surface area contributed by atoms with Gasteiger partial charge in [-0.25, -0.2) is 0 Å². The van der Waals surface area contributed by atoms with Crippen molar-refractivity contribution in [3.05, 3.63) is 51.5 Å². The third kappa shape index (κ3) is 2.57. The number of nitrogens with zero attached hydrogens (tertiary/aromatic N) is 1. The molecule has 2 aromatic carbocycles. The van der Waals surface area contributed by atoms with Crippen LogP contribution in [0.1, 0.15) is 27.0 Å². The molecule has 1 aliphatic rings. The minimum atomic E-state index is -0.292. The van der Waals surface area contributed by atoms with Crippen LogP contribution in [0, 0.1) is 6.92 Å². The van der Waals surface area contributed by atoms with Gasteiger partial charge in [0.2, 0.25) is 0 Å². The fraction of sp³-hybridized carbons (Fsp3) is 0.235. The van der Waals surface area contributed by atoms with Gasteiger partial charge in [-0.15, -0.1) is 0 Å². The summed E-state index contributed by atoms with van der Waals surface area (Å²) in [5.74, 6) is -0.557. The summed E-state index contributed by atoms with van der Waals surface area (Å²) in [6, 6.07) is 6.38. The lowest BCUT2D eigenvalue weighted by atomic mass is 10.1. The number of fused-ring (bicyclic) bond motifs is 1. The molecule has 2 aromatic rings. The summed E-state index contributed by atoms with van der Waals surface area (Å²) >= 11 is 6.24. The van der Waals surface area contributed by atoms with Gasteiger partial charge < -0.3 is 20.4 Å². The van der Waals surface area contributed by atoms with Gasteiger partial charge >= 0.3 is 0 Å². The van der Waals surface area contributed by atoms with E-state index in [1.165, 1.54) is 12.1 Å². The third-order valence-corrected chi connectivity index (χ3v) is 4.53. The van der Waals surface area contributed by atoms with E-state index in [0.29, 0.717) is 23.7 Å². The number of nitrogens with one attached hydrogen (secondary N) is 1. The molecule has 23 heavy (non-hydrogen) atoms. The maximum atomic E-state index is 12.7. The minimum Gasteiger partial charge on any atom is -0.508 e. The van der Waals surface area contributed by atoms with Crippen molar-refractivity contribution < 1.29 is 15.0 Å². The number of benzene rings is 2. The Kier molecular flexibility index (Phi) is 3.82. The predicted octanol–water partition coefficient (Wildman–Crippen LogP) is 3.26. The van der Waals surface area contributed by atoms with Gasteiger partial charge in [0.25, 0.3) is 5.91 Å². The van der Waals surface area contributed by atoms with Crippen molar-refractivity contribution in [3.8, 4) is 11.5 Å². The SMILES string of the molecule is CNc1ccc(Cl)c2c1CN(C(=O)c1cc(C)c(O)cc1O)C2. The Morgan fingerprint density at radius 2 is 1.87 bits per heavy atom. The molecule has 0 saturated heterocycles. The standard InChI is InChI=1S/C17H17ClN2O3/c1-9-5-10(16(22)6-15(9)21)17(23)20-7-11-12(8-20)14(19-2)4-3-13(11)18/h3-6,19,21-22H,7-8H2,1-2H3. The number of phenolic OH excluding ortho intramolecular Hbond substituents is 2. The van der Waals surface area contributed by atoms with E-state index in [2.05, 4.69) is 5.32 Å². The minimum absolute atomic E-state index is 0.0377. The second kappa shape index (κ2) is 5.66. The Morgan fingerprint density at radius 1 is 1.17 bits per heavy atom. The van der Waals surface area contributed by atoms with Crippen LogP contribution in [-0.2, 0) is 13.1 Å². The van der Waals surface area contributed by atoms with Gasteiger partial charge in [-0.2, -0.15) is 0 Å². The van der Waals surface area contributed by atoms with Crippen LogP contribution in [-0.4, -0.2) is 28.1 Å². The topological polar surface area (TPSA) is 72.8 Å². The quantitative estimate of drug-likeness (QED) is 0.789. The number of rotatable bonds is 2. The lowest BCUT2D eigenvalue weighted by Crippen LogP contribution is -2.25. The molecule has 0 aromatic heterocycles. The largest absolute Gasteiger partial charge is 0.508 e. The molecule has 3 rings (SSSR count). The van der Waals surface area contributed by atoms with E-state index in [4.69, 9.17) is 11.6 Å². The molecular weight excluding hydrogens is 316 g/mol. The fourth-order valence-electron chi connectivity index (χ4n) is 2.86. The van der Waals surface area contributed by atoms with Crippen molar-refractivity contribution in [1.29, 1.82) is 0 Å². The van der Waals surface area contributed by atoms with Crippen molar-refractivity contribution in [1.82, 2.24) is 4.90 Å². The van der Waals surface area contributed by atoms with Crippen molar-refractivity contribution in [2.75, 3.05) is 12.4 Å². The summed E-state index contributed by atoms with van der Waals surface area (Å²) in [5.41, 5.74) is 3.56. The lowest BCUT2D eigenvalue weighted by Gasteiger charge is -2.17. The Labute approximate surface area is 139 Å². The molecule has 0 unspecified atom stereocenters. The zero-order valence-corrected chi connectivity index (χ0v) is 13.6. The Bertz CT molecular complexity index is 805. The summed E-state index contributed by atoms with van der Waals surface area (Å²) in [6.07, 6.45) is 0. The first kappa shape index (κ1) is 15.5.